The van der Waals surface area contributed by atoms with E-state index in [1.807, 2.05) is 24.3 Å². The number of methoxy groups -OCH3 is 1. The Bertz CT molecular complexity index is 866. The van der Waals surface area contributed by atoms with E-state index in [1.54, 1.807) is 11.6 Å². The summed E-state index contributed by atoms with van der Waals surface area (Å²) in [7, 11) is 1.66. The maximum atomic E-state index is 6.15. The van der Waals surface area contributed by atoms with E-state index in [2.05, 4.69) is 39.0 Å². The van der Waals surface area contributed by atoms with Crippen LogP contribution in [-0.4, -0.2) is 46.4 Å². The van der Waals surface area contributed by atoms with Crippen LogP contribution in [-0.2, 0) is 21.7 Å². The Morgan fingerprint density at radius 3 is 2.92 bits per heavy atom. The predicted octanol–water partition coefficient (Wildman–Crippen LogP) is 2.02. The summed E-state index contributed by atoms with van der Waals surface area (Å²) in [6.07, 6.45) is 1.53. The lowest BCUT2D eigenvalue weighted by atomic mass is 9.94. The van der Waals surface area contributed by atoms with Gasteiger partial charge < -0.3 is 14.4 Å². The van der Waals surface area contributed by atoms with Gasteiger partial charge in [0.05, 0.1) is 25.5 Å². The SMILES string of the molecule is COCc1cc(N2CCOC(C)(c3ccccc3)C2)n2ncnc2n1. The molecule has 2 aromatic heterocycles. The molecule has 0 aliphatic carbocycles. The Balaban J connectivity index is 1.72. The van der Waals surface area contributed by atoms with Gasteiger partial charge in [0.2, 0.25) is 0 Å². The molecule has 1 aliphatic heterocycles. The summed E-state index contributed by atoms with van der Waals surface area (Å²) in [5, 5.41) is 4.34. The normalized spacial score (nSPS) is 21.0. The Hall–Kier alpha value is -2.51. The lowest BCUT2D eigenvalue weighted by Crippen LogP contribution is -2.49. The largest absolute Gasteiger partial charge is 0.378 e. The van der Waals surface area contributed by atoms with Crippen LogP contribution in [0.1, 0.15) is 18.2 Å². The van der Waals surface area contributed by atoms with Gasteiger partial charge in [-0.1, -0.05) is 30.3 Å². The molecule has 7 nitrogen and oxygen atoms in total. The average molecular weight is 339 g/mol. The topological polar surface area (TPSA) is 64.8 Å². The van der Waals surface area contributed by atoms with Crippen LogP contribution < -0.4 is 4.90 Å². The van der Waals surface area contributed by atoms with Gasteiger partial charge in [-0.05, 0) is 12.5 Å². The van der Waals surface area contributed by atoms with Crippen molar-refractivity contribution >= 4 is 11.6 Å². The highest BCUT2D eigenvalue weighted by atomic mass is 16.5. The number of rotatable bonds is 4. The van der Waals surface area contributed by atoms with Crippen molar-refractivity contribution in [3.05, 3.63) is 54.0 Å². The fourth-order valence-electron chi connectivity index (χ4n) is 3.32. The molecule has 3 aromatic rings. The van der Waals surface area contributed by atoms with E-state index in [1.165, 1.54) is 11.9 Å². The molecule has 130 valence electrons. The number of nitrogens with zero attached hydrogens (tertiary/aromatic N) is 5. The molecule has 1 unspecified atom stereocenters. The zero-order valence-corrected chi connectivity index (χ0v) is 14.4. The first-order valence-corrected chi connectivity index (χ1v) is 8.33. The van der Waals surface area contributed by atoms with E-state index in [0.29, 0.717) is 19.0 Å². The number of morpholine rings is 1. The van der Waals surface area contributed by atoms with Crippen molar-refractivity contribution in [2.24, 2.45) is 0 Å². The number of benzene rings is 1. The second kappa shape index (κ2) is 6.42. The highest BCUT2D eigenvalue weighted by Crippen LogP contribution is 2.31. The molecule has 0 N–H and O–H groups in total. The molecule has 1 aromatic carbocycles. The smallest absolute Gasteiger partial charge is 0.254 e. The monoisotopic (exact) mass is 339 g/mol. The van der Waals surface area contributed by atoms with Crippen LogP contribution in [0.25, 0.3) is 5.78 Å². The summed E-state index contributed by atoms with van der Waals surface area (Å²) < 4.78 is 13.2. The third-order valence-electron chi connectivity index (χ3n) is 4.56. The molecule has 0 spiro atoms. The van der Waals surface area contributed by atoms with Gasteiger partial charge in [-0.2, -0.15) is 14.6 Å². The van der Waals surface area contributed by atoms with Crippen molar-refractivity contribution in [1.29, 1.82) is 0 Å². The first-order chi connectivity index (χ1) is 12.2. The lowest BCUT2D eigenvalue weighted by Gasteiger charge is -2.41. The third-order valence-corrected chi connectivity index (χ3v) is 4.56. The van der Waals surface area contributed by atoms with Crippen LogP contribution in [0.3, 0.4) is 0 Å². The Kier molecular flexibility index (Phi) is 4.10. The van der Waals surface area contributed by atoms with Crippen molar-refractivity contribution in [3.8, 4) is 0 Å². The summed E-state index contributed by atoms with van der Waals surface area (Å²) in [4.78, 5) is 11.0. The Morgan fingerprint density at radius 1 is 1.28 bits per heavy atom. The molecule has 7 heteroatoms. The zero-order chi connectivity index (χ0) is 17.3. The second-order valence-corrected chi connectivity index (χ2v) is 6.38. The molecule has 1 aliphatic rings. The highest BCUT2D eigenvalue weighted by molar-refractivity contribution is 5.48. The van der Waals surface area contributed by atoms with Gasteiger partial charge in [0.1, 0.15) is 17.7 Å². The van der Waals surface area contributed by atoms with Crippen LogP contribution in [0.2, 0.25) is 0 Å². The van der Waals surface area contributed by atoms with Gasteiger partial charge >= 0.3 is 0 Å². The summed E-state index contributed by atoms with van der Waals surface area (Å²) in [6.45, 7) is 4.72. The van der Waals surface area contributed by atoms with Crippen molar-refractivity contribution in [2.75, 3.05) is 31.7 Å². The van der Waals surface area contributed by atoms with Crippen molar-refractivity contribution in [3.63, 3.8) is 0 Å². The molecule has 1 fully saturated rings. The van der Waals surface area contributed by atoms with Gasteiger partial charge in [0, 0.05) is 19.7 Å². The summed E-state index contributed by atoms with van der Waals surface area (Å²) in [6, 6.07) is 12.3. The number of hydrogen-bond donors (Lipinski definition) is 0. The van der Waals surface area contributed by atoms with Crippen LogP contribution >= 0.6 is 0 Å². The molecule has 0 radical (unpaired) electrons. The zero-order valence-electron chi connectivity index (χ0n) is 14.4. The Morgan fingerprint density at radius 2 is 2.12 bits per heavy atom. The fourth-order valence-corrected chi connectivity index (χ4v) is 3.32. The maximum Gasteiger partial charge on any atom is 0.254 e. The summed E-state index contributed by atoms with van der Waals surface area (Å²) >= 11 is 0. The predicted molar refractivity (Wildman–Crippen MR) is 93.5 cm³/mol. The van der Waals surface area contributed by atoms with Gasteiger partial charge in [0.15, 0.2) is 0 Å². The third kappa shape index (κ3) is 2.96. The minimum Gasteiger partial charge on any atom is -0.378 e. The van der Waals surface area contributed by atoms with E-state index < -0.39 is 0 Å². The molecule has 0 amide bonds. The number of anilines is 1. The van der Waals surface area contributed by atoms with E-state index in [-0.39, 0.29) is 5.60 Å². The van der Waals surface area contributed by atoms with E-state index in [0.717, 1.165) is 24.6 Å². The van der Waals surface area contributed by atoms with Crippen molar-refractivity contribution < 1.29 is 9.47 Å². The molecule has 0 bridgehead atoms. The van der Waals surface area contributed by atoms with Crippen LogP contribution in [0, 0.1) is 0 Å². The van der Waals surface area contributed by atoms with E-state index >= 15 is 0 Å². The summed E-state index contributed by atoms with van der Waals surface area (Å²) in [5.74, 6) is 1.54. The van der Waals surface area contributed by atoms with E-state index in [9.17, 15) is 0 Å². The minimum atomic E-state index is -0.378. The van der Waals surface area contributed by atoms with E-state index in [4.69, 9.17) is 9.47 Å². The molecular weight excluding hydrogens is 318 g/mol. The molecule has 4 rings (SSSR count). The average Bonchev–Trinajstić information content (AvgIpc) is 3.11. The van der Waals surface area contributed by atoms with Crippen molar-refractivity contribution in [2.45, 2.75) is 19.1 Å². The minimum absolute atomic E-state index is 0.378. The fraction of sp³-hybridized carbons (Fsp3) is 0.389. The van der Waals surface area contributed by atoms with Crippen LogP contribution in [0.15, 0.2) is 42.7 Å². The number of fused-ring (bicyclic) bond motifs is 1. The molecule has 1 saturated heterocycles. The van der Waals surface area contributed by atoms with Gasteiger partial charge in [0.25, 0.3) is 5.78 Å². The highest BCUT2D eigenvalue weighted by Gasteiger charge is 2.35. The van der Waals surface area contributed by atoms with Gasteiger partial charge in [-0.25, -0.2) is 4.98 Å². The molecule has 1 atom stereocenters. The first-order valence-electron chi connectivity index (χ1n) is 8.33. The molecule has 0 saturated carbocycles. The standard InChI is InChI=1S/C18H21N5O2/c1-18(14-6-4-3-5-7-14)12-22(8-9-25-18)16-10-15(11-24-2)21-17-19-13-20-23(16)17/h3-7,10,13H,8-9,11-12H2,1-2H3. The number of aromatic nitrogens is 4. The second-order valence-electron chi connectivity index (χ2n) is 6.38. The van der Waals surface area contributed by atoms with Gasteiger partial charge in [-0.15, -0.1) is 0 Å². The summed E-state index contributed by atoms with van der Waals surface area (Å²) in [5.41, 5.74) is 1.63. The van der Waals surface area contributed by atoms with Crippen molar-refractivity contribution in [1.82, 2.24) is 19.6 Å². The quantitative estimate of drug-likeness (QED) is 0.725. The van der Waals surface area contributed by atoms with Gasteiger partial charge in [-0.3, -0.25) is 0 Å². The number of hydrogen-bond acceptors (Lipinski definition) is 6. The molecule has 3 heterocycles. The lowest BCUT2D eigenvalue weighted by molar-refractivity contribution is -0.0469. The van der Waals surface area contributed by atoms with Crippen LogP contribution in [0.5, 0.6) is 0 Å². The number of ether oxygens (including phenoxy) is 2. The molecule has 25 heavy (non-hydrogen) atoms. The first kappa shape index (κ1) is 16.0. The van der Waals surface area contributed by atoms with Crippen LogP contribution in [0.4, 0.5) is 5.82 Å². The maximum absolute atomic E-state index is 6.15. The Labute approximate surface area is 146 Å². The molecular formula is C18H21N5O2.